The molecular formula is C29H26F2N6O5S. The van der Waals surface area contributed by atoms with E-state index in [4.69, 9.17) is 14.5 Å². The Balaban J connectivity index is 1.11. The lowest BCUT2D eigenvalue weighted by Gasteiger charge is -2.35. The largest absolute Gasteiger partial charge is 0.489 e. The van der Waals surface area contributed by atoms with Gasteiger partial charge >= 0.3 is 0 Å². The van der Waals surface area contributed by atoms with E-state index in [-0.39, 0.29) is 18.7 Å². The monoisotopic (exact) mass is 608 g/mol. The highest BCUT2D eigenvalue weighted by Gasteiger charge is 2.35. The van der Waals surface area contributed by atoms with Crippen molar-refractivity contribution in [3.63, 3.8) is 0 Å². The number of carbonyl (C=O) groups excluding carboxylic acids is 1. The molecule has 1 aromatic carbocycles. The number of sulfone groups is 1. The summed E-state index contributed by atoms with van der Waals surface area (Å²) in [5, 5.41) is 3.40. The van der Waals surface area contributed by atoms with Gasteiger partial charge in [-0.1, -0.05) is 0 Å². The van der Waals surface area contributed by atoms with E-state index >= 15 is 0 Å². The molecule has 1 fully saturated rings. The van der Waals surface area contributed by atoms with Crippen molar-refractivity contribution < 1.29 is 31.5 Å². The van der Waals surface area contributed by atoms with Crippen LogP contribution < -0.4 is 24.6 Å². The molecule has 3 aliphatic heterocycles. The molecule has 11 nitrogen and oxygen atoms in total. The van der Waals surface area contributed by atoms with Gasteiger partial charge in [-0.15, -0.1) is 0 Å². The van der Waals surface area contributed by atoms with Crippen molar-refractivity contribution in [2.75, 3.05) is 42.6 Å². The van der Waals surface area contributed by atoms with Crippen LogP contribution >= 0.6 is 0 Å². The molecule has 0 unspecified atom stereocenters. The Morgan fingerprint density at radius 2 is 1.91 bits per heavy atom. The minimum atomic E-state index is -4.51. The summed E-state index contributed by atoms with van der Waals surface area (Å²) >= 11 is 0. The molecule has 14 heteroatoms. The van der Waals surface area contributed by atoms with Crippen LogP contribution in [0.2, 0.25) is 0 Å². The SMILES string of the molecule is O=C(NCc1cc2nc(N3CCOc4cc(N5CCC5)cnc43)ccc2cn1)c1cc(F)c2c(c1)S(=O)(=O)[C@@H](F)CCO2. The van der Waals surface area contributed by atoms with E-state index in [9.17, 15) is 22.0 Å². The molecule has 1 N–H and O–H groups in total. The van der Waals surface area contributed by atoms with Crippen LogP contribution in [0.15, 0.2) is 53.7 Å². The number of pyridine rings is 3. The maximum atomic E-state index is 14.7. The van der Waals surface area contributed by atoms with Gasteiger partial charge in [-0.05, 0) is 36.8 Å². The number of amides is 1. The summed E-state index contributed by atoms with van der Waals surface area (Å²) in [5.41, 5.74) is -0.397. The van der Waals surface area contributed by atoms with Gasteiger partial charge in [0.15, 0.2) is 23.1 Å². The van der Waals surface area contributed by atoms with Crippen molar-refractivity contribution in [1.82, 2.24) is 20.3 Å². The molecule has 0 aliphatic carbocycles. The fourth-order valence-corrected chi connectivity index (χ4v) is 6.61. The maximum Gasteiger partial charge on any atom is 0.251 e. The van der Waals surface area contributed by atoms with Gasteiger partial charge < -0.3 is 24.6 Å². The number of nitrogens with one attached hydrogen (secondary N) is 1. The Kier molecular flexibility index (Phi) is 6.72. The van der Waals surface area contributed by atoms with E-state index in [2.05, 4.69) is 20.2 Å². The van der Waals surface area contributed by atoms with E-state index in [1.54, 1.807) is 12.3 Å². The minimum Gasteiger partial charge on any atom is -0.489 e. The quantitative estimate of drug-likeness (QED) is 0.359. The van der Waals surface area contributed by atoms with Gasteiger partial charge in [-0.2, -0.15) is 0 Å². The van der Waals surface area contributed by atoms with Crippen LogP contribution in [0.1, 0.15) is 28.9 Å². The van der Waals surface area contributed by atoms with Gasteiger partial charge in [0.25, 0.3) is 5.91 Å². The first-order valence-corrected chi connectivity index (χ1v) is 15.4. The summed E-state index contributed by atoms with van der Waals surface area (Å²) in [7, 11) is -4.51. The number of benzene rings is 1. The molecule has 7 rings (SSSR count). The second-order valence-corrected chi connectivity index (χ2v) is 12.5. The van der Waals surface area contributed by atoms with Crippen molar-refractivity contribution in [2.45, 2.75) is 29.8 Å². The van der Waals surface area contributed by atoms with E-state index in [1.807, 2.05) is 29.3 Å². The summed E-state index contributed by atoms with van der Waals surface area (Å²) in [4.78, 5) is 30.3. The third-order valence-electron chi connectivity index (χ3n) is 7.70. The number of hydrogen-bond donors (Lipinski definition) is 1. The van der Waals surface area contributed by atoms with Crippen LogP contribution in [0.3, 0.4) is 0 Å². The molecule has 6 heterocycles. The van der Waals surface area contributed by atoms with Gasteiger partial charge in [-0.3, -0.25) is 9.78 Å². The summed E-state index contributed by atoms with van der Waals surface area (Å²) in [6.45, 7) is 2.72. The molecule has 0 spiro atoms. The molecule has 4 aromatic rings. The smallest absolute Gasteiger partial charge is 0.251 e. The number of anilines is 3. The van der Waals surface area contributed by atoms with E-state index < -0.39 is 44.1 Å². The average molecular weight is 609 g/mol. The molecule has 3 aromatic heterocycles. The Morgan fingerprint density at radius 1 is 1.05 bits per heavy atom. The second kappa shape index (κ2) is 10.6. The van der Waals surface area contributed by atoms with Crippen LogP contribution in [0.5, 0.6) is 11.5 Å². The molecule has 1 amide bonds. The van der Waals surface area contributed by atoms with E-state index in [1.165, 1.54) is 6.42 Å². The summed E-state index contributed by atoms with van der Waals surface area (Å²) in [6, 6.07) is 9.32. The number of carbonyl (C=O) groups is 1. The Morgan fingerprint density at radius 3 is 2.72 bits per heavy atom. The molecule has 0 saturated carbocycles. The molecule has 222 valence electrons. The molecule has 3 aliphatic rings. The lowest BCUT2D eigenvalue weighted by atomic mass is 10.2. The number of aromatic nitrogens is 3. The van der Waals surface area contributed by atoms with Crippen molar-refractivity contribution in [2.24, 2.45) is 0 Å². The zero-order chi connectivity index (χ0) is 29.7. The number of halogens is 2. The molecule has 0 bridgehead atoms. The fraction of sp³-hybridized carbons (Fsp3) is 0.310. The normalized spacial score (nSPS) is 18.9. The van der Waals surface area contributed by atoms with Crippen LogP contribution in [0.4, 0.5) is 26.1 Å². The van der Waals surface area contributed by atoms with Gasteiger partial charge in [0, 0.05) is 42.7 Å². The van der Waals surface area contributed by atoms with Crippen molar-refractivity contribution in [1.29, 1.82) is 0 Å². The Hall–Kier alpha value is -4.59. The van der Waals surface area contributed by atoms with Gasteiger partial charge in [0.1, 0.15) is 17.3 Å². The first-order valence-electron chi connectivity index (χ1n) is 13.8. The van der Waals surface area contributed by atoms with Gasteiger partial charge in [0.2, 0.25) is 15.3 Å². The Bertz CT molecular complexity index is 1870. The zero-order valence-electron chi connectivity index (χ0n) is 22.8. The standard InChI is InChI=1S/C29H26F2N6O5S/c30-21-10-18(11-24-27(21)42-8-4-25(31)43(24,39)40)29(38)34-15-19-12-22-17(14-32-19)2-3-26(35-22)37-7-9-41-23-13-20(16-33-28(23)37)36-5-1-6-36/h2-3,10-14,16,25H,1,4-9,15H2,(H,34,38)/t25-/m1/s1. The second-order valence-electron chi connectivity index (χ2n) is 10.5. The van der Waals surface area contributed by atoms with Gasteiger partial charge in [0.05, 0.1) is 42.8 Å². The summed E-state index contributed by atoms with van der Waals surface area (Å²) < 4.78 is 65.0. The number of ether oxygens (including phenoxy) is 2. The zero-order valence-corrected chi connectivity index (χ0v) is 23.6. The number of nitrogens with zero attached hydrogens (tertiary/aromatic N) is 5. The lowest BCUT2D eigenvalue weighted by molar-refractivity contribution is 0.0949. The van der Waals surface area contributed by atoms with Crippen molar-refractivity contribution >= 4 is 44.0 Å². The molecule has 1 atom stereocenters. The summed E-state index contributed by atoms with van der Waals surface area (Å²) in [6.07, 6.45) is 4.21. The highest BCUT2D eigenvalue weighted by Crippen LogP contribution is 2.38. The number of rotatable bonds is 5. The summed E-state index contributed by atoms with van der Waals surface area (Å²) in [5.74, 6) is -0.331. The van der Waals surface area contributed by atoms with Crippen molar-refractivity contribution in [3.05, 3.63) is 65.9 Å². The lowest BCUT2D eigenvalue weighted by Crippen LogP contribution is -2.37. The minimum absolute atomic E-state index is 0.0460. The van der Waals surface area contributed by atoms with Crippen LogP contribution in [-0.4, -0.2) is 67.6 Å². The Labute approximate surface area is 245 Å². The highest BCUT2D eigenvalue weighted by atomic mass is 32.2. The number of alkyl halides is 1. The number of fused-ring (bicyclic) bond motifs is 3. The van der Waals surface area contributed by atoms with Crippen LogP contribution in [0, 0.1) is 5.82 Å². The van der Waals surface area contributed by atoms with Crippen LogP contribution in [-0.2, 0) is 16.4 Å². The fourth-order valence-electron chi connectivity index (χ4n) is 5.22. The third-order valence-corrected chi connectivity index (χ3v) is 9.52. The molecule has 0 radical (unpaired) electrons. The van der Waals surface area contributed by atoms with Crippen LogP contribution in [0.25, 0.3) is 10.9 Å². The van der Waals surface area contributed by atoms with Crippen molar-refractivity contribution in [3.8, 4) is 11.5 Å². The van der Waals surface area contributed by atoms with E-state index in [0.29, 0.717) is 41.7 Å². The first kappa shape index (κ1) is 27.3. The molecule has 1 saturated heterocycles. The maximum absolute atomic E-state index is 14.7. The molecular weight excluding hydrogens is 582 g/mol. The first-order chi connectivity index (χ1) is 20.8. The third kappa shape index (κ3) is 4.94. The van der Waals surface area contributed by atoms with Gasteiger partial charge in [-0.25, -0.2) is 27.2 Å². The number of hydrogen-bond acceptors (Lipinski definition) is 10. The predicted molar refractivity (Wildman–Crippen MR) is 153 cm³/mol. The predicted octanol–water partition coefficient (Wildman–Crippen LogP) is 3.69. The average Bonchev–Trinajstić information content (AvgIpc) is 3.09. The topological polar surface area (TPSA) is 127 Å². The van der Waals surface area contributed by atoms with E-state index in [0.717, 1.165) is 36.3 Å². The molecule has 43 heavy (non-hydrogen) atoms. The highest BCUT2D eigenvalue weighted by molar-refractivity contribution is 7.92.